The minimum Gasteiger partial charge on any atom is -0.481 e. The summed E-state index contributed by atoms with van der Waals surface area (Å²) in [5.74, 6) is -3.02. The van der Waals surface area contributed by atoms with Gasteiger partial charge in [0.2, 0.25) is 5.91 Å². The fourth-order valence-electron chi connectivity index (χ4n) is 1.24. The Bertz CT molecular complexity index is 331. The predicted molar refractivity (Wildman–Crippen MR) is 62.5 cm³/mol. The normalized spacial score (nSPS) is 15.5. The van der Waals surface area contributed by atoms with Crippen LogP contribution in [0.1, 0.15) is 32.6 Å². The highest BCUT2D eigenvalue weighted by Crippen LogP contribution is 2.10. The summed E-state index contributed by atoms with van der Waals surface area (Å²) < 4.78 is 0. The fraction of sp³-hybridized carbons (Fsp3) is 0.700. The summed E-state index contributed by atoms with van der Waals surface area (Å²) in [6.07, 6.45) is 0.426. The van der Waals surface area contributed by atoms with E-state index in [1.165, 1.54) is 6.92 Å². The minimum absolute atomic E-state index is 0.0614. The maximum Gasteiger partial charge on any atom is 0.344 e. The third-order valence-corrected chi connectivity index (χ3v) is 2.35. The molecular weight excluding hydrogens is 242 g/mol. The molecule has 0 bridgehead atoms. The van der Waals surface area contributed by atoms with Crippen molar-refractivity contribution in [2.45, 2.75) is 44.3 Å². The molecule has 0 spiro atoms. The molecule has 104 valence electrons. The lowest BCUT2D eigenvalue weighted by molar-refractivity contribution is -0.148. The van der Waals surface area contributed by atoms with Crippen molar-refractivity contribution in [3.63, 3.8) is 0 Å². The van der Waals surface area contributed by atoms with Crippen LogP contribution in [0.15, 0.2) is 0 Å². The van der Waals surface area contributed by atoms with Crippen LogP contribution in [0, 0.1) is 0 Å². The Hall–Kier alpha value is -1.67. The third kappa shape index (κ3) is 5.60. The summed E-state index contributed by atoms with van der Waals surface area (Å²) >= 11 is 0. The van der Waals surface area contributed by atoms with Gasteiger partial charge in [-0.2, -0.15) is 0 Å². The summed E-state index contributed by atoms with van der Waals surface area (Å²) in [6.45, 7) is 1.40. The number of carbonyl (C=O) groups excluding carboxylic acids is 1. The first-order valence-electron chi connectivity index (χ1n) is 5.50. The van der Waals surface area contributed by atoms with Gasteiger partial charge in [-0.1, -0.05) is 0 Å². The number of aliphatic carboxylic acids is 2. The fourth-order valence-corrected chi connectivity index (χ4v) is 1.24. The van der Waals surface area contributed by atoms with Gasteiger partial charge in [-0.3, -0.25) is 15.3 Å². The summed E-state index contributed by atoms with van der Waals surface area (Å²) in [4.78, 5) is 32.6. The monoisotopic (exact) mass is 261 g/mol. The van der Waals surface area contributed by atoms with Gasteiger partial charge in [-0.15, -0.1) is 0 Å². The second-order valence-corrected chi connectivity index (χ2v) is 4.16. The second kappa shape index (κ2) is 6.92. The van der Waals surface area contributed by atoms with Gasteiger partial charge in [0.25, 0.3) is 0 Å². The summed E-state index contributed by atoms with van der Waals surface area (Å²) in [5.41, 5.74) is 8.95. The van der Waals surface area contributed by atoms with Gasteiger partial charge < -0.3 is 21.3 Å². The Kier molecular flexibility index (Phi) is 6.28. The molecule has 0 unspecified atom stereocenters. The number of nitrogens with two attached hydrogens (primary N) is 2. The van der Waals surface area contributed by atoms with Crippen LogP contribution in [0.25, 0.3) is 0 Å². The van der Waals surface area contributed by atoms with E-state index in [2.05, 4.69) is 5.32 Å². The predicted octanol–water partition coefficient (Wildman–Crippen LogP) is -1.17. The minimum atomic E-state index is -1.91. The number of amides is 1. The topological polar surface area (TPSA) is 156 Å². The molecule has 1 amide bonds. The molecule has 18 heavy (non-hydrogen) atoms. The third-order valence-electron chi connectivity index (χ3n) is 2.35. The molecule has 0 aromatic heterocycles. The largest absolute Gasteiger partial charge is 0.481 e. The standard InChI is InChI=1S/C10H19N3O5/c1-6(11)8(16)13-10(12,9(17)18)5-3-2-4-7(14)15/h6H,2-5,11-12H2,1H3,(H,13,16)(H,14,15)(H,17,18)/t6-,10+/m1/s1. The molecule has 7 N–H and O–H groups in total. The lowest BCUT2D eigenvalue weighted by Crippen LogP contribution is -2.63. The van der Waals surface area contributed by atoms with Gasteiger partial charge in [-0.25, -0.2) is 4.79 Å². The average molecular weight is 261 g/mol. The second-order valence-electron chi connectivity index (χ2n) is 4.16. The number of carboxylic acids is 2. The van der Waals surface area contributed by atoms with Gasteiger partial charge in [0.1, 0.15) is 0 Å². The van der Waals surface area contributed by atoms with E-state index >= 15 is 0 Å². The van der Waals surface area contributed by atoms with Crippen molar-refractivity contribution in [1.82, 2.24) is 5.32 Å². The molecule has 0 heterocycles. The highest BCUT2D eigenvalue weighted by atomic mass is 16.4. The van der Waals surface area contributed by atoms with E-state index in [1.807, 2.05) is 0 Å². The average Bonchev–Trinajstić information content (AvgIpc) is 2.23. The lowest BCUT2D eigenvalue weighted by atomic mass is 10.0. The molecule has 0 rings (SSSR count). The van der Waals surface area contributed by atoms with Crippen LogP contribution in [0.5, 0.6) is 0 Å². The number of unbranched alkanes of at least 4 members (excludes halogenated alkanes) is 1. The Morgan fingerprint density at radius 1 is 1.28 bits per heavy atom. The first-order chi connectivity index (χ1) is 8.19. The van der Waals surface area contributed by atoms with Crippen molar-refractivity contribution < 1.29 is 24.6 Å². The Balaban J connectivity index is 4.39. The van der Waals surface area contributed by atoms with E-state index in [0.717, 1.165) is 0 Å². The zero-order valence-corrected chi connectivity index (χ0v) is 10.2. The summed E-state index contributed by atoms with van der Waals surface area (Å²) in [6, 6.07) is -0.869. The highest BCUT2D eigenvalue weighted by molar-refractivity contribution is 5.88. The molecule has 0 aliphatic rings. The van der Waals surface area contributed by atoms with Crippen LogP contribution in [-0.2, 0) is 14.4 Å². The lowest BCUT2D eigenvalue weighted by Gasteiger charge is -2.26. The van der Waals surface area contributed by atoms with Crippen molar-refractivity contribution in [2.24, 2.45) is 11.5 Å². The molecular formula is C10H19N3O5. The summed E-state index contributed by atoms with van der Waals surface area (Å²) in [5, 5.41) is 19.6. The maximum atomic E-state index is 11.3. The van der Waals surface area contributed by atoms with Gasteiger partial charge in [0.15, 0.2) is 5.66 Å². The van der Waals surface area contributed by atoms with Crippen LogP contribution in [0.2, 0.25) is 0 Å². The van der Waals surface area contributed by atoms with Crippen molar-refractivity contribution in [3.05, 3.63) is 0 Å². The van der Waals surface area contributed by atoms with E-state index in [-0.39, 0.29) is 25.7 Å². The molecule has 0 saturated carbocycles. The number of rotatable bonds is 8. The van der Waals surface area contributed by atoms with Crippen LogP contribution < -0.4 is 16.8 Å². The Labute approximate surface area is 104 Å². The van der Waals surface area contributed by atoms with Crippen LogP contribution in [0.3, 0.4) is 0 Å². The Morgan fingerprint density at radius 3 is 2.22 bits per heavy atom. The molecule has 0 aliphatic carbocycles. The van der Waals surface area contributed by atoms with Gasteiger partial charge >= 0.3 is 11.9 Å². The van der Waals surface area contributed by atoms with Gasteiger partial charge in [0.05, 0.1) is 6.04 Å². The number of hydrogen-bond acceptors (Lipinski definition) is 5. The molecule has 8 nitrogen and oxygen atoms in total. The zero-order chi connectivity index (χ0) is 14.3. The van der Waals surface area contributed by atoms with Crippen molar-refractivity contribution in [2.75, 3.05) is 0 Å². The van der Waals surface area contributed by atoms with Gasteiger partial charge in [0, 0.05) is 6.42 Å². The zero-order valence-electron chi connectivity index (χ0n) is 10.2. The van der Waals surface area contributed by atoms with E-state index in [0.29, 0.717) is 0 Å². The molecule has 0 saturated heterocycles. The van der Waals surface area contributed by atoms with Crippen molar-refractivity contribution >= 4 is 17.8 Å². The molecule has 0 aromatic rings. The molecule has 8 heteroatoms. The van der Waals surface area contributed by atoms with E-state index in [9.17, 15) is 14.4 Å². The number of hydrogen-bond donors (Lipinski definition) is 5. The molecule has 0 aromatic carbocycles. The Morgan fingerprint density at radius 2 is 1.83 bits per heavy atom. The number of carboxylic acid groups (broad SMARTS) is 2. The summed E-state index contributed by atoms with van der Waals surface area (Å²) in [7, 11) is 0. The van der Waals surface area contributed by atoms with Crippen molar-refractivity contribution in [1.29, 1.82) is 0 Å². The molecule has 0 aliphatic heterocycles. The maximum absolute atomic E-state index is 11.3. The van der Waals surface area contributed by atoms with Crippen molar-refractivity contribution in [3.8, 4) is 0 Å². The van der Waals surface area contributed by atoms with Crippen LogP contribution in [-0.4, -0.2) is 39.8 Å². The smallest absolute Gasteiger partial charge is 0.344 e. The molecule has 2 atom stereocenters. The van der Waals surface area contributed by atoms with Crippen LogP contribution >= 0.6 is 0 Å². The van der Waals surface area contributed by atoms with Crippen LogP contribution in [0.4, 0.5) is 0 Å². The number of nitrogens with one attached hydrogen (secondary N) is 1. The highest BCUT2D eigenvalue weighted by Gasteiger charge is 2.35. The SMILES string of the molecule is C[C@@H](N)C(=O)N[C@@](N)(CCCCC(=O)O)C(=O)O. The number of carbonyl (C=O) groups is 3. The first-order valence-corrected chi connectivity index (χ1v) is 5.50. The van der Waals surface area contributed by atoms with Gasteiger partial charge in [-0.05, 0) is 26.2 Å². The van der Waals surface area contributed by atoms with E-state index in [4.69, 9.17) is 21.7 Å². The van der Waals surface area contributed by atoms with E-state index in [1.54, 1.807) is 0 Å². The first kappa shape index (κ1) is 16.3. The quantitative estimate of drug-likeness (QED) is 0.272. The van der Waals surface area contributed by atoms with E-state index < -0.39 is 29.6 Å². The molecule has 0 fully saturated rings. The molecule has 0 radical (unpaired) electrons.